The number of aromatic nitrogens is 1. The Hall–Kier alpha value is -0.740. The Bertz CT molecular complexity index is 470. The van der Waals surface area contributed by atoms with Crippen LogP contribution in [0, 0.1) is 0 Å². The van der Waals surface area contributed by atoms with Gasteiger partial charge in [0, 0.05) is 26.6 Å². The summed E-state index contributed by atoms with van der Waals surface area (Å²) in [6.45, 7) is 0. The molecule has 0 fully saturated rings. The molecule has 0 bridgehead atoms. The van der Waals surface area contributed by atoms with Gasteiger partial charge in [0.15, 0.2) is 0 Å². The fourth-order valence-electron chi connectivity index (χ4n) is 1.18. The molecule has 66 valence electrons. The lowest BCUT2D eigenvalue weighted by molar-refractivity contribution is 1.37. The SMILES string of the molecule is Nc1ccnc2cc(Br)c(S)cc12. The number of pyridine rings is 1. The average molecular weight is 255 g/mol. The number of fused-ring (bicyclic) bond motifs is 1. The fraction of sp³-hybridized carbons (Fsp3) is 0. The molecular formula is C9H7BrN2S. The fourth-order valence-corrected chi connectivity index (χ4v) is 1.70. The number of benzene rings is 1. The normalized spacial score (nSPS) is 10.6. The van der Waals surface area contributed by atoms with E-state index in [9.17, 15) is 0 Å². The zero-order valence-electron chi connectivity index (χ0n) is 6.66. The van der Waals surface area contributed by atoms with Gasteiger partial charge in [-0.2, -0.15) is 0 Å². The Labute approximate surface area is 89.7 Å². The van der Waals surface area contributed by atoms with Crippen LogP contribution in [0.1, 0.15) is 0 Å². The van der Waals surface area contributed by atoms with E-state index in [1.165, 1.54) is 0 Å². The van der Waals surface area contributed by atoms with Crippen LogP contribution in [0.4, 0.5) is 5.69 Å². The number of rotatable bonds is 0. The highest BCUT2D eigenvalue weighted by atomic mass is 79.9. The van der Waals surface area contributed by atoms with E-state index in [1.54, 1.807) is 12.3 Å². The molecule has 0 amide bonds. The Morgan fingerprint density at radius 1 is 1.38 bits per heavy atom. The standard InChI is InChI=1S/C9H7BrN2S/c10-6-4-8-5(3-9(6)13)7(11)1-2-12-8/h1-4,13H,(H2,11,12). The number of hydrogen-bond acceptors (Lipinski definition) is 3. The molecule has 0 aliphatic carbocycles. The maximum Gasteiger partial charge on any atom is 0.0734 e. The second-order valence-electron chi connectivity index (χ2n) is 2.72. The first kappa shape index (κ1) is 8.84. The molecule has 2 N–H and O–H groups in total. The summed E-state index contributed by atoms with van der Waals surface area (Å²) in [4.78, 5) is 5.07. The predicted octanol–water partition coefficient (Wildman–Crippen LogP) is 2.87. The van der Waals surface area contributed by atoms with Gasteiger partial charge in [-0.25, -0.2) is 0 Å². The zero-order valence-corrected chi connectivity index (χ0v) is 9.14. The largest absolute Gasteiger partial charge is 0.398 e. The van der Waals surface area contributed by atoms with E-state index >= 15 is 0 Å². The minimum absolute atomic E-state index is 0.729. The van der Waals surface area contributed by atoms with Crippen molar-refractivity contribution < 1.29 is 0 Å². The Morgan fingerprint density at radius 3 is 2.92 bits per heavy atom. The van der Waals surface area contributed by atoms with Gasteiger partial charge in [-0.1, -0.05) is 0 Å². The van der Waals surface area contributed by atoms with Gasteiger partial charge in [0.2, 0.25) is 0 Å². The number of nitrogens with zero attached hydrogens (tertiary/aromatic N) is 1. The van der Waals surface area contributed by atoms with Crippen LogP contribution in [0.25, 0.3) is 10.9 Å². The molecular weight excluding hydrogens is 248 g/mol. The van der Waals surface area contributed by atoms with Crippen molar-refractivity contribution in [2.45, 2.75) is 4.90 Å². The van der Waals surface area contributed by atoms with Crippen LogP contribution in [0.3, 0.4) is 0 Å². The molecule has 0 atom stereocenters. The van der Waals surface area contributed by atoms with Gasteiger partial charge in [-0.05, 0) is 34.1 Å². The van der Waals surface area contributed by atoms with Crippen molar-refractivity contribution in [3.05, 3.63) is 28.9 Å². The molecule has 4 heteroatoms. The first-order valence-corrected chi connectivity index (χ1v) is 4.95. The van der Waals surface area contributed by atoms with Crippen molar-refractivity contribution in [3.8, 4) is 0 Å². The zero-order chi connectivity index (χ0) is 9.42. The minimum Gasteiger partial charge on any atom is -0.398 e. The van der Waals surface area contributed by atoms with Crippen LogP contribution in [-0.4, -0.2) is 4.98 Å². The molecule has 2 aromatic rings. The van der Waals surface area contributed by atoms with Crippen molar-refractivity contribution in [2.24, 2.45) is 0 Å². The maximum absolute atomic E-state index is 5.79. The predicted molar refractivity (Wildman–Crippen MR) is 61.1 cm³/mol. The second kappa shape index (κ2) is 3.20. The molecule has 1 heterocycles. The van der Waals surface area contributed by atoms with Gasteiger partial charge >= 0.3 is 0 Å². The van der Waals surface area contributed by atoms with Crippen molar-refractivity contribution in [2.75, 3.05) is 5.73 Å². The van der Waals surface area contributed by atoms with E-state index in [0.29, 0.717) is 0 Å². The van der Waals surface area contributed by atoms with E-state index in [0.717, 1.165) is 26.0 Å². The topological polar surface area (TPSA) is 38.9 Å². The van der Waals surface area contributed by atoms with E-state index in [4.69, 9.17) is 5.73 Å². The third-order valence-corrected chi connectivity index (χ3v) is 3.18. The molecule has 0 saturated carbocycles. The lowest BCUT2D eigenvalue weighted by atomic mass is 10.2. The molecule has 2 rings (SSSR count). The monoisotopic (exact) mass is 254 g/mol. The van der Waals surface area contributed by atoms with Crippen molar-refractivity contribution >= 4 is 45.1 Å². The van der Waals surface area contributed by atoms with E-state index < -0.39 is 0 Å². The first-order valence-electron chi connectivity index (χ1n) is 3.71. The molecule has 13 heavy (non-hydrogen) atoms. The summed E-state index contributed by atoms with van der Waals surface area (Å²) in [5.74, 6) is 0. The third kappa shape index (κ3) is 1.51. The summed E-state index contributed by atoms with van der Waals surface area (Å²) in [5, 5.41) is 0.940. The van der Waals surface area contributed by atoms with Crippen molar-refractivity contribution in [3.63, 3.8) is 0 Å². The maximum atomic E-state index is 5.79. The highest BCUT2D eigenvalue weighted by Crippen LogP contribution is 2.28. The first-order chi connectivity index (χ1) is 6.18. The van der Waals surface area contributed by atoms with Crippen molar-refractivity contribution in [1.29, 1.82) is 0 Å². The Kier molecular flexibility index (Phi) is 2.17. The molecule has 0 aliphatic rings. The summed E-state index contributed by atoms with van der Waals surface area (Å²) in [5.41, 5.74) is 7.39. The van der Waals surface area contributed by atoms with Crippen LogP contribution in [-0.2, 0) is 0 Å². The summed E-state index contributed by atoms with van der Waals surface area (Å²) < 4.78 is 0.932. The molecule has 0 spiro atoms. The van der Waals surface area contributed by atoms with Gasteiger partial charge in [0.1, 0.15) is 0 Å². The quantitative estimate of drug-likeness (QED) is 0.710. The Morgan fingerprint density at radius 2 is 2.15 bits per heavy atom. The van der Waals surface area contributed by atoms with Crippen LogP contribution >= 0.6 is 28.6 Å². The molecule has 0 saturated heterocycles. The van der Waals surface area contributed by atoms with Gasteiger partial charge in [-0.15, -0.1) is 12.6 Å². The van der Waals surface area contributed by atoms with E-state index in [-0.39, 0.29) is 0 Å². The average Bonchev–Trinajstić information content (AvgIpc) is 2.09. The molecule has 0 radical (unpaired) electrons. The van der Waals surface area contributed by atoms with E-state index in [1.807, 2.05) is 12.1 Å². The van der Waals surface area contributed by atoms with Gasteiger partial charge in [0.25, 0.3) is 0 Å². The summed E-state index contributed by atoms with van der Waals surface area (Å²) >= 11 is 7.67. The lowest BCUT2D eigenvalue weighted by Gasteiger charge is -2.03. The minimum atomic E-state index is 0.729. The van der Waals surface area contributed by atoms with Gasteiger partial charge in [0.05, 0.1) is 5.52 Å². The van der Waals surface area contributed by atoms with Crippen molar-refractivity contribution in [1.82, 2.24) is 4.98 Å². The highest BCUT2D eigenvalue weighted by Gasteiger charge is 2.02. The summed E-state index contributed by atoms with van der Waals surface area (Å²) in [7, 11) is 0. The molecule has 0 unspecified atom stereocenters. The summed E-state index contributed by atoms with van der Waals surface area (Å²) in [6, 6.07) is 5.60. The number of halogens is 1. The Balaban J connectivity index is 2.89. The van der Waals surface area contributed by atoms with Crippen LogP contribution < -0.4 is 5.73 Å². The third-order valence-electron chi connectivity index (χ3n) is 1.84. The molecule has 1 aromatic heterocycles. The molecule has 0 aliphatic heterocycles. The van der Waals surface area contributed by atoms with Crippen LogP contribution in [0.15, 0.2) is 33.8 Å². The van der Waals surface area contributed by atoms with Gasteiger partial charge in [-0.3, -0.25) is 4.98 Å². The van der Waals surface area contributed by atoms with Gasteiger partial charge < -0.3 is 5.73 Å². The molecule has 1 aromatic carbocycles. The lowest BCUT2D eigenvalue weighted by Crippen LogP contribution is -1.88. The number of hydrogen-bond donors (Lipinski definition) is 2. The number of anilines is 1. The molecule has 2 nitrogen and oxygen atoms in total. The van der Waals surface area contributed by atoms with Crippen LogP contribution in [0.5, 0.6) is 0 Å². The number of thiol groups is 1. The second-order valence-corrected chi connectivity index (χ2v) is 4.06. The van der Waals surface area contributed by atoms with E-state index in [2.05, 4.69) is 33.5 Å². The summed E-state index contributed by atoms with van der Waals surface area (Å²) in [6.07, 6.45) is 1.70. The number of nitrogen functional groups attached to an aromatic ring is 1. The number of nitrogens with two attached hydrogens (primary N) is 1. The smallest absolute Gasteiger partial charge is 0.0734 e. The highest BCUT2D eigenvalue weighted by molar-refractivity contribution is 9.10. The van der Waals surface area contributed by atoms with Crippen LogP contribution in [0.2, 0.25) is 0 Å².